The maximum atomic E-state index is 11.7. The zero-order valence-electron chi connectivity index (χ0n) is 11.6. The number of nitrogens with zero attached hydrogens (tertiary/aromatic N) is 3. The van der Waals surface area contributed by atoms with E-state index in [1.54, 1.807) is 6.20 Å². The van der Waals surface area contributed by atoms with Crippen LogP contribution >= 0.6 is 0 Å². The van der Waals surface area contributed by atoms with Gasteiger partial charge in [0.05, 0.1) is 24.0 Å². The molecule has 0 atom stereocenters. The molecule has 0 aliphatic carbocycles. The van der Waals surface area contributed by atoms with Gasteiger partial charge in [-0.3, -0.25) is 14.5 Å². The second-order valence-corrected chi connectivity index (χ2v) is 4.75. The number of para-hydroxylation sites is 1. The van der Waals surface area contributed by atoms with Crippen molar-refractivity contribution in [2.24, 2.45) is 0 Å². The summed E-state index contributed by atoms with van der Waals surface area (Å²) in [6, 6.07) is 13.4. The van der Waals surface area contributed by atoms with Crippen LogP contribution in [-0.4, -0.2) is 21.3 Å². The number of fused-ring (bicyclic) bond motifs is 1. The summed E-state index contributed by atoms with van der Waals surface area (Å²) in [7, 11) is 0. The Morgan fingerprint density at radius 1 is 1.10 bits per heavy atom. The highest BCUT2D eigenvalue weighted by Gasteiger charge is 2.02. The van der Waals surface area contributed by atoms with Crippen molar-refractivity contribution < 1.29 is 0 Å². The molecular weight excluding hydrogens is 264 g/mol. The molecule has 0 fully saturated rings. The van der Waals surface area contributed by atoms with E-state index in [9.17, 15) is 4.79 Å². The van der Waals surface area contributed by atoms with E-state index in [-0.39, 0.29) is 5.43 Å². The number of hydrogen-bond donors (Lipinski definition) is 1. The van der Waals surface area contributed by atoms with Crippen molar-refractivity contribution in [1.29, 1.82) is 0 Å². The Hall–Kier alpha value is -2.53. The minimum atomic E-state index is -0.0386. The lowest BCUT2D eigenvalue weighted by Crippen LogP contribution is -2.22. The molecule has 0 bridgehead atoms. The SMILES string of the molecule is O=c1cnn(CCNCc2ccccn2)c2ccccc12. The molecule has 0 saturated heterocycles. The van der Waals surface area contributed by atoms with E-state index in [4.69, 9.17) is 0 Å². The fraction of sp³-hybridized carbons (Fsp3) is 0.188. The first-order chi connectivity index (χ1) is 10.3. The molecule has 0 aliphatic rings. The highest BCUT2D eigenvalue weighted by molar-refractivity contribution is 5.77. The fourth-order valence-electron chi connectivity index (χ4n) is 2.24. The van der Waals surface area contributed by atoms with E-state index >= 15 is 0 Å². The van der Waals surface area contributed by atoms with Crippen LogP contribution in [0.25, 0.3) is 10.9 Å². The number of benzene rings is 1. The molecule has 0 radical (unpaired) electrons. The maximum Gasteiger partial charge on any atom is 0.207 e. The summed E-state index contributed by atoms with van der Waals surface area (Å²) in [4.78, 5) is 16.0. The van der Waals surface area contributed by atoms with Crippen LogP contribution in [0.1, 0.15) is 5.69 Å². The molecule has 0 saturated carbocycles. The van der Waals surface area contributed by atoms with E-state index in [1.807, 2.05) is 47.1 Å². The van der Waals surface area contributed by atoms with Crippen molar-refractivity contribution in [3.05, 3.63) is 70.8 Å². The van der Waals surface area contributed by atoms with Gasteiger partial charge in [0, 0.05) is 24.7 Å². The summed E-state index contributed by atoms with van der Waals surface area (Å²) >= 11 is 0. The van der Waals surface area contributed by atoms with Crippen molar-refractivity contribution in [3.8, 4) is 0 Å². The van der Waals surface area contributed by atoms with Gasteiger partial charge in [-0.2, -0.15) is 5.10 Å². The molecule has 21 heavy (non-hydrogen) atoms. The molecule has 106 valence electrons. The predicted molar refractivity (Wildman–Crippen MR) is 81.9 cm³/mol. The zero-order valence-corrected chi connectivity index (χ0v) is 11.6. The Morgan fingerprint density at radius 2 is 1.95 bits per heavy atom. The van der Waals surface area contributed by atoms with Crippen LogP contribution in [0.5, 0.6) is 0 Å². The van der Waals surface area contributed by atoms with Crippen molar-refractivity contribution >= 4 is 10.9 Å². The van der Waals surface area contributed by atoms with E-state index < -0.39 is 0 Å². The number of rotatable bonds is 5. The van der Waals surface area contributed by atoms with Crippen molar-refractivity contribution in [2.75, 3.05) is 6.54 Å². The molecular formula is C16H16N4O. The Labute approximate surface area is 122 Å². The van der Waals surface area contributed by atoms with E-state index in [2.05, 4.69) is 15.4 Å². The smallest absolute Gasteiger partial charge is 0.207 e. The Kier molecular flexibility index (Phi) is 4.02. The first kappa shape index (κ1) is 13.5. The predicted octanol–water partition coefficient (Wildman–Crippen LogP) is 1.58. The first-order valence-corrected chi connectivity index (χ1v) is 6.90. The molecule has 3 aromatic rings. The molecule has 5 nitrogen and oxygen atoms in total. The molecule has 0 aliphatic heterocycles. The van der Waals surface area contributed by atoms with E-state index in [1.165, 1.54) is 6.20 Å². The van der Waals surface area contributed by atoms with Gasteiger partial charge in [-0.1, -0.05) is 18.2 Å². The fourth-order valence-corrected chi connectivity index (χ4v) is 2.24. The van der Waals surface area contributed by atoms with Gasteiger partial charge in [0.25, 0.3) is 0 Å². The number of hydrogen-bond acceptors (Lipinski definition) is 4. The summed E-state index contributed by atoms with van der Waals surface area (Å²) in [5.41, 5.74) is 1.84. The van der Waals surface area contributed by atoms with Crippen LogP contribution in [0.2, 0.25) is 0 Å². The van der Waals surface area contributed by atoms with E-state index in [0.717, 1.165) is 24.3 Å². The van der Waals surface area contributed by atoms with Gasteiger partial charge in [-0.05, 0) is 24.3 Å². The molecule has 1 aromatic carbocycles. The third kappa shape index (κ3) is 3.14. The van der Waals surface area contributed by atoms with Crippen LogP contribution in [-0.2, 0) is 13.1 Å². The highest BCUT2D eigenvalue weighted by Crippen LogP contribution is 2.07. The van der Waals surface area contributed by atoms with E-state index in [0.29, 0.717) is 11.9 Å². The van der Waals surface area contributed by atoms with Crippen LogP contribution in [0, 0.1) is 0 Å². The average molecular weight is 280 g/mol. The molecule has 1 N–H and O–H groups in total. The molecule has 5 heteroatoms. The summed E-state index contributed by atoms with van der Waals surface area (Å²) in [5, 5.41) is 8.23. The van der Waals surface area contributed by atoms with Gasteiger partial charge in [-0.25, -0.2) is 0 Å². The van der Waals surface area contributed by atoms with Gasteiger partial charge in [0.1, 0.15) is 0 Å². The Balaban J connectivity index is 1.66. The third-order valence-electron chi connectivity index (χ3n) is 3.29. The van der Waals surface area contributed by atoms with Crippen LogP contribution in [0.15, 0.2) is 59.7 Å². The van der Waals surface area contributed by atoms with Crippen molar-refractivity contribution in [2.45, 2.75) is 13.1 Å². The lowest BCUT2D eigenvalue weighted by molar-refractivity contribution is 0.557. The maximum absolute atomic E-state index is 11.7. The minimum Gasteiger partial charge on any atom is -0.309 e. The molecule has 3 rings (SSSR count). The molecule has 0 spiro atoms. The van der Waals surface area contributed by atoms with Crippen LogP contribution in [0.4, 0.5) is 0 Å². The summed E-state index contributed by atoms with van der Waals surface area (Å²) in [6.07, 6.45) is 3.16. The molecule has 2 heterocycles. The lowest BCUT2D eigenvalue weighted by Gasteiger charge is -2.09. The monoisotopic (exact) mass is 280 g/mol. The quantitative estimate of drug-likeness (QED) is 0.721. The minimum absolute atomic E-state index is 0.0386. The van der Waals surface area contributed by atoms with Gasteiger partial charge >= 0.3 is 0 Å². The molecule has 0 amide bonds. The normalized spacial score (nSPS) is 10.9. The lowest BCUT2D eigenvalue weighted by atomic mass is 10.2. The van der Waals surface area contributed by atoms with Crippen molar-refractivity contribution in [3.63, 3.8) is 0 Å². The van der Waals surface area contributed by atoms with Gasteiger partial charge < -0.3 is 5.32 Å². The van der Waals surface area contributed by atoms with Gasteiger partial charge in [0.15, 0.2) is 0 Å². The number of pyridine rings is 1. The Morgan fingerprint density at radius 3 is 2.81 bits per heavy atom. The second-order valence-electron chi connectivity index (χ2n) is 4.75. The third-order valence-corrected chi connectivity index (χ3v) is 3.29. The standard InChI is InChI=1S/C16H16N4O/c21-16-12-19-20(15-7-2-1-6-14(15)16)10-9-17-11-13-5-3-4-8-18-13/h1-8,12,17H,9-11H2. The second kappa shape index (κ2) is 6.28. The number of nitrogens with one attached hydrogen (secondary N) is 1. The first-order valence-electron chi connectivity index (χ1n) is 6.90. The Bertz CT molecular complexity index is 783. The summed E-state index contributed by atoms with van der Waals surface area (Å²) < 4.78 is 1.85. The highest BCUT2D eigenvalue weighted by atomic mass is 16.1. The van der Waals surface area contributed by atoms with Crippen LogP contribution < -0.4 is 10.7 Å². The summed E-state index contributed by atoms with van der Waals surface area (Å²) in [5.74, 6) is 0. The average Bonchev–Trinajstić information content (AvgIpc) is 2.55. The van der Waals surface area contributed by atoms with Gasteiger partial charge in [0.2, 0.25) is 5.43 Å². The summed E-state index contributed by atoms with van der Waals surface area (Å²) in [6.45, 7) is 2.18. The van der Waals surface area contributed by atoms with Gasteiger partial charge in [-0.15, -0.1) is 0 Å². The van der Waals surface area contributed by atoms with Crippen LogP contribution in [0.3, 0.4) is 0 Å². The molecule has 0 unspecified atom stereocenters. The number of aromatic nitrogens is 3. The largest absolute Gasteiger partial charge is 0.309 e. The topological polar surface area (TPSA) is 59.8 Å². The molecule has 2 aromatic heterocycles. The van der Waals surface area contributed by atoms with Crippen molar-refractivity contribution in [1.82, 2.24) is 20.1 Å². The zero-order chi connectivity index (χ0) is 14.5.